The van der Waals surface area contributed by atoms with E-state index in [4.69, 9.17) is 0 Å². The van der Waals surface area contributed by atoms with Crippen molar-refractivity contribution in [1.82, 2.24) is 5.32 Å². The van der Waals surface area contributed by atoms with E-state index >= 15 is 0 Å². The van der Waals surface area contributed by atoms with Crippen LogP contribution in [-0.4, -0.2) is 19.5 Å². The molecule has 0 aromatic carbocycles. The van der Waals surface area contributed by atoms with Crippen LogP contribution in [0.2, 0.25) is 0 Å². The van der Waals surface area contributed by atoms with Crippen molar-refractivity contribution in [2.24, 2.45) is 5.92 Å². The van der Waals surface area contributed by atoms with Crippen molar-refractivity contribution in [3.05, 3.63) is 0 Å². The molecule has 11 heavy (non-hydrogen) atoms. The molecule has 1 saturated carbocycles. The van der Waals surface area contributed by atoms with Gasteiger partial charge in [0.25, 0.3) is 5.92 Å². The Kier molecular flexibility index (Phi) is 2.82. The van der Waals surface area contributed by atoms with Gasteiger partial charge in [-0.2, -0.15) is 0 Å². The van der Waals surface area contributed by atoms with Crippen molar-refractivity contribution in [2.45, 2.75) is 31.6 Å². The summed E-state index contributed by atoms with van der Waals surface area (Å²) in [6, 6.07) is 0. The van der Waals surface area contributed by atoms with Crippen molar-refractivity contribution < 1.29 is 8.78 Å². The maximum atomic E-state index is 12.7. The predicted octanol–water partition coefficient (Wildman–Crippen LogP) is 2.03. The van der Waals surface area contributed by atoms with Crippen molar-refractivity contribution in [1.29, 1.82) is 0 Å². The first kappa shape index (κ1) is 8.91. The summed E-state index contributed by atoms with van der Waals surface area (Å²) in [5.41, 5.74) is 0. The Morgan fingerprint density at radius 2 is 2.09 bits per heavy atom. The third-order valence-electron chi connectivity index (χ3n) is 2.05. The van der Waals surface area contributed by atoms with Gasteiger partial charge in [0.2, 0.25) is 0 Å². The maximum absolute atomic E-state index is 12.7. The number of nitrogens with one attached hydrogen (secondary N) is 1. The average molecular weight is 163 g/mol. The smallest absolute Gasteiger partial charge is 0.260 e. The molecular weight excluding hydrogens is 148 g/mol. The first-order chi connectivity index (χ1) is 5.14. The van der Waals surface area contributed by atoms with Crippen LogP contribution in [0.5, 0.6) is 0 Å². The molecule has 0 amide bonds. The summed E-state index contributed by atoms with van der Waals surface area (Å²) < 4.78 is 25.5. The molecule has 0 saturated heterocycles. The Labute approximate surface area is 66.2 Å². The fourth-order valence-corrected chi connectivity index (χ4v) is 1.17. The zero-order valence-corrected chi connectivity index (χ0v) is 6.87. The molecule has 1 nitrogen and oxygen atoms in total. The van der Waals surface area contributed by atoms with Crippen molar-refractivity contribution >= 4 is 0 Å². The Bertz CT molecular complexity index is 121. The van der Waals surface area contributed by atoms with E-state index in [9.17, 15) is 8.78 Å². The first-order valence-corrected chi connectivity index (χ1v) is 4.16. The molecule has 0 bridgehead atoms. The minimum absolute atomic E-state index is 0.0541. The average Bonchev–Trinajstić information content (AvgIpc) is 2.65. The fraction of sp³-hybridized carbons (Fsp3) is 1.00. The van der Waals surface area contributed by atoms with Gasteiger partial charge in [-0.05, 0) is 19.4 Å². The van der Waals surface area contributed by atoms with Crippen LogP contribution in [0.4, 0.5) is 8.78 Å². The highest BCUT2D eigenvalue weighted by atomic mass is 19.3. The molecule has 0 heterocycles. The predicted molar refractivity (Wildman–Crippen MR) is 40.8 cm³/mol. The second-order valence-electron chi connectivity index (χ2n) is 3.37. The van der Waals surface area contributed by atoms with Crippen LogP contribution in [0.3, 0.4) is 0 Å². The lowest BCUT2D eigenvalue weighted by atomic mass is 10.1. The van der Waals surface area contributed by atoms with E-state index in [0.29, 0.717) is 12.3 Å². The van der Waals surface area contributed by atoms with E-state index in [1.54, 1.807) is 7.05 Å². The van der Waals surface area contributed by atoms with Gasteiger partial charge in [0, 0.05) is 6.42 Å². The molecule has 0 aromatic rings. The van der Waals surface area contributed by atoms with Gasteiger partial charge in [-0.1, -0.05) is 12.8 Å². The van der Waals surface area contributed by atoms with Crippen molar-refractivity contribution in [3.8, 4) is 0 Å². The molecule has 0 radical (unpaired) electrons. The monoisotopic (exact) mass is 163 g/mol. The summed E-state index contributed by atoms with van der Waals surface area (Å²) in [5.74, 6) is -1.88. The zero-order chi connectivity index (χ0) is 8.32. The maximum Gasteiger partial charge on any atom is 0.260 e. The summed E-state index contributed by atoms with van der Waals surface area (Å²) >= 11 is 0. The van der Waals surface area contributed by atoms with Gasteiger partial charge >= 0.3 is 0 Å². The van der Waals surface area contributed by atoms with Gasteiger partial charge in [-0.15, -0.1) is 0 Å². The molecule has 1 N–H and O–H groups in total. The molecule has 66 valence electrons. The minimum Gasteiger partial charge on any atom is -0.314 e. The molecule has 3 heteroatoms. The number of rotatable bonds is 5. The third kappa shape index (κ3) is 3.65. The molecule has 1 rings (SSSR count). The Hall–Kier alpha value is -0.180. The van der Waals surface area contributed by atoms with Gasteiger partial charge in [0.15, 0.2) is 0 Å². The second kappa shape index (κ2) is 3.48. The highest BCUT2D eigenvalue weighted by Gasteiger charge is 2.31. The SMILES string of the molecule is CNCC(F)(F)CCC1CC1. The minimum atomic E-state index is -2.49. The molecule has 0 unspecified atom stereocenters. The van der Waals surface area contributed by atoms with E-state index in [1.807, 2.05) is 0 Å². The third-order valence-corrected chi connectivity index (χ3v) is 2.05. The van der Waals surface area contributed by atoms with Gasteiger partial charge in [0.1, 0.15) is 0 Å². The molecule has 1 aliphatic carbocycles. The molecule has 1 aliphatic rings. The van der Waals surface area contributed by atoms with Gasteiger partial charge in [0.05, 0.1) is 6.54 Å². The largest absolute Gasteiger partial charge is 0.314 e. The summed E-state index contributed by atoms with van der Waals surface area (Å²) in [4.78, 5) is 0. The van der Waals surface area contributed by atoms with E-state index in [1.165, 1.54) is 0 Å². The standard InChI is InChI=1S/C8H15F2N/c1-11-6-8(9,10)5-4-7-2-3-7/h7,11H,2-6H2,1H3. The molecular formula is C8H15F2N. The quantitative estimate of drug-likeness (QED) is 0.654. The van der Waals surface area contributed by atoms with E-state index in [-0.39, 0.29) is 13.0 Å². The lowest BCUT2D eigenvalue weighted by Crippen LogP contribution is -2.30. The summed E-state index contributed by atoms with van der Waals surface area (Å²) in [6.07, 6.45) is 3.08. The number of alkyl halides is 2. The van der Waals surface area contributed by atoms with Crippen LogP contribution >= 0.6 is 0 Å². The van der Waals surface area contributed by atoms with Crippen LogP contribution in [0.15, 0.2) is 0 Å². The topological polar surface area (TPSA) is 12.0 Å². The van der Waals surface area contributed by atoms with Crippen LogP contribution < -0.4 is 5.32 Å². The summed E-state index contributed by atoms with van der Waals surface area (Å²) in [7, 11) is 1.56. The number of halogens is 2. The van der Waals surface area contributed by atoms with Gasteiger partial charge < -0.3 is 5.32 Å². The molecule has 0 aromatic heterocycles. The summed E-state index contributed by atoms with van der Waals surface area (Å²) in [5, 5.41) is 2.50. The molecule has 0 spiro atoms. The highest BCUT2D eigenvalue weighted by Crippen LogP contribution is 2.36. The number of hydrogen-bond acceptors (Lipinski definition) is 1. The first-order valence-electron chi connectivity index (χ1n) is 4.16. The molecule has 0 atom stereocenters. The lowest BCUT2D eigenvalue weighted by molar-refractivity contribution is -0.00778. The lowest BCUT2D eigenvalue weighted by Gasteiger charge is -2.14. The van der Waals surface area contributed by atoms with Crippen LogP contribution in [0, 0.1) is 5.92 Å². The summed E-state index contributed by atoms with van der Waals surface area (Å²) in [6.45, 7) is -0.181. The second-order valence-corrected chi connectivity index (χ2v) is 3.37. The van der Waals surface area contributed by atoms with Crippen LogP contribution in [0.1, 0.15) is 25.7 Å². The highest BCUT2D eigenvalue weighted by molar-refractivity contribution is 4.77. The van der Waals surface area contributed by atoms with Gasteiger partial charge in [-0.25, -0.2) is 8.78 Å². The van der Waals surface area contributed by atoms with Crippen LogP contribution in [-0.2, 0) is 0 Å². The molecule has 1 fully saturated rings. The van der Waals surface area contributed by atoms with Gasteiger partial charge in [-0.3, -0.25) is 0 Å². The zero-order valence-electron chi connectivity index (χ0n) is 6.87. The van der Waals surface area contributed by atoms with E-state index < -0.39 is 5.92 Å². The van der Waals surface area contributed by atoms with E-state index in [2.05, 4.69) is 5.32 Å². The van der Waals surface area contributed by atoms with E-state index in [0.717, 1.165) is 12.8 Å². The van der Waals surface area contributed by atoms with Crippen LogP contribution in [0.25, 0.3) is 0 Å². The Morgan fingerprint density at radius 3 is 2.55 bits per heavy atom. The fourth-order valence-electron chi connectivity index (χ4n) is 1.17. The van der Waals surface area contributed by atoms with Crippen molar-refractivity contribution in [2.75, 3.05) is 13.6 Å². The number of hydrogen-bond donors (Lipinski definition) is 1. The normalized spacial score (nSPS) is 18.8. The Morgan fingerprint density at radius 1 is 1.45 bits per heavy atom. The van der Waals surface area contributed by atoms with Crippen molar-refractivity contribution in [3.63, 3.8) is 0 Å². The Balaban J connectivity index is 2.09. The molecule has 0 aliphatic heterocycles.